The second-order valence-corrected chi connectivity index (χ2v) is 6.58. The predicted octanol–water partition coefficient (Wildman–Crippen LogP) is 5.48. The third-order valence-corrected chi connectivity index (χ3v) is 4.41. The third kappa shape index (κ3) is 4.91. The van der Waals surface area contributed by atoms with E-state index in [0.29, 0.717) is 0 Å². The van der Waals surface area contributed by atoms with E-state index in [0.717, 1.165) is 17.0 Å². The van der Waals surface area contributed by atoms with Gasteiger partial charge in [-0.2, -0.15) is 13.2 Å². The van der Waals surface area contributed by atoms with Crippen LogP contribution in [0.3, 0.4) is 0 Å². The average Bonchev–Trinajstić information content (AvgIpc) is 2.49. The van der Waals surface area contributed by atoms with E-state index in [1.807, 2.05) is 30.3 Å². The van der Waals surface area contributed by atoms with E-state index in [4.69, 9.17) is 11.6 Å². The van der Waals surface area contributed by atoms with Crippen LogP contribution in [0.25, 0.3) is 0 Å². The molecule has 0 aliphatic carbocycles. The number of anilines is 1. The molecule has 2 aromatic rings. The zero-order chi connectivity index (χ0) is 17.0. The molecule has 122 valence electrons. The summed E-state index contributed by atoms with van der Waals surface area (Å²) in [4.78, 5) is 13.0. The maximum absolute atomic E-state index is 12.8. The van der Waals surface area contributed by atoms with Gasteiger partial charge in [-0.05, 0) is 37.3 Å². The summed E-state index contributed by atoms with van der Waals surface area (Å²) in [5.41, 5.74) is -0.910. The fourth-order valence-corrected chi connectivity index (χ4v) is 2.93. The summed E-state index contributed by atoms with van der Waals surface area (Å²) in [6.07, 6.45) is -4.57. The lowest BCUT2D eigenvalue weighted by molar-refractivity contribution is -0.137. The second kappa shape index (κ2) is 7.27. The van der Waals surface area contributed by atoms with Crippen molar-refractivity contribution in [2.75, 3.05) is 5.32 Å². The Morgan fingerprint density at radius 2 is 1.83 bits per heavy atom. The molecule has 1 atom stereocenters. The topological polar surface area (TPSA) is 29.1 Å². The molecule has 2 nitrogen and oxygen atoms in total. The zero-order valence-corrected chi connectivity index (χ0v) is 13.6. The molecular formula is C16H13ClF3NOS. The first-order valence-corrected chi connectivity index (χ1v) is 7.92. The lowest BCUT2D eigenvalue weighted by Crippen LogP contribution is -2.22. The van der Waals surface area contributed by atoms with Gasteiger partial charge in [0.1, 0.15) is 0 Å². The highest BCUT2D eigenvalue weighted by atomic mass is 35.5. The van der Waals surface area contributed by atoms with Crippen molar-refractivity contribution in [2.45, 2.75) is 23.2 Å². The highest BCUT2D eigenvalue weighted by Crippen LogP contribution is 2.36. The molecule has 2 rings (SSSR count). The van der Waals surface area contributed by atoms with Crippen LogP contribution < -0.4 is 5.32 Å². The molecular weight excluding hydrogens is 347 g/mol. The van der Waals surface area contributed by atoms with Gasteiger partial charge in [-0.15, -0.1) is 11.8 Å². The van der Waals surface area contributed by atoms with Gasteiger partial charge in [-0.3, -0.25) is 4.79 Å². The molecule has 2 aromatic carbocycles. The molecule has 0 saturated heterocycles. The van der Waals surface area contributed by atoms with Crippen LogP contribution in [0, 0.1) is 0 Å². The van der Waals surface area contributed by atoms with Gasteiger partial charge in [-0.1, -0.05) is 29.8 Å². The fourth-order valence-electron chi connectivity index (χ4n) is 1.82. The lowest BCUT2D eigenvalue weighted by atomic mass is 10.2. The van der Waals surface area contributed by atoms with Crippen LogP contribution in [0.4, 0.5) is 18.9 Å². The Bertz CT molecular complexity index is 691. The van der Waals surface area contributed by atoms with E-state index in [2.05, 4.69) is 5.32 Å². The smallest absolute Gasteiger partial charge is 0.325 e. The van der Waals surface area contributed by atoms with Crippen LogP contribution in [-0.2, 0) is 11.0 Å². The number of alkyl halides is 3. The van der Waals surface area contributed by atoms with Crippen molar-refractivity contribution < 1.29 is 18.0 Å². The molecule has 7 heteroatoms. The minimum atomic E-state index is -4.57. The number of rotatable bonds is 4. The van der Waals surface area contributed by atoms with E-state index in [-0.39, 0.29) is 11.6 Å². The number of nitrogens with one attached hydrogen (secondary N) is 1. The highest BCUT2D eigenvalue weighted by molar-refractivity contribution is 8.00. The van der Waals surface area contributed by atoms with Gasteiger partial charge in [0, 0.05) is 10.6 Å². The van der Waals surface area contributed by atoms with Gasteiger partial charge < -0.3 is 5.32 Å². The summed E-state index contributed by atoms with van der Waals surface area (Å²) in [6, 6.07) is 12.6. The van der Waals surface area contributed by atoms with Crippen molar-refractivity contribution >= 4 is 35.0 Å². The Morgan fingerprint density at radius 1 is 1.17 bits per heavy atom. The van der Waals surface area contributed by atoms with E-state index in [1.165, 1.54) is 17.8 Å². The molecule has 0 aliphatic rings. The molecule has 0 unspecified atom stereocenters. The summed E-state index contributed by atoms with van der Waals surface area (Å²) in [5, 5.41) is 1.63. The molecule has 1 N–H and O–H groups in total. The third-order valence-electron chi connectivity index (χ3n) is 2.96. The number of carbonyl (C=O) groups excluding carboxylic acids is 1. The Hall–Kier alpha value is -1.66. The summed E-state index contributed by atoms with van der Waals surface area (Å²) >= 11 is 6.87. The number of hydrogen-bond donors (Lipinski definition) is 1. The van der Waals surface area contributed by atoms with Crippen molar-refractivity contribution in [3.63, 3.8) is 0 Å². The molecule has 1 amide bonds. The molecule has 0 heterocycles. The summed E-state index contributed by atoms with van der Waals surface area (Å²) in [7, 11) is 0. The van der Waals surface area contributed by atoms with Crippen LogP contribution in [0.1, 0.15) is 12.5 Å². The first-order chi connectivity index (χ1) is 10.8. The normalized spacial score (nSPS) is 12.7. The zero-order valence-electron chi connectivity index (χ0n) is 12.0. The van der Waals surface area contributed by atoms with E-state index in [1.54, 1.807) is 6.92 Å². The quantitative estimate of drug-likeness (QED) is 0.732. The van der Waals surface area contributed by atoms with Crippen LogP contribution in [0.15, 0.2) is 53.4 Å². The minimum absolute atomic E-state index is 0.0623. The summed E-state index contributed by atoms with van der Waals surface area (Å²) < 4.78 is 38.4. The van der Waals surface area contributed by atoms with Gasteiger partial charge in [0.05, 0.1) is 15.8 Å². The van der Waals surface area contributed by atoms with Crippen molar-refractivity contribution in [3.8, 4) is 0 Å². The number of halogens is 4. The van der Waals surface area contributed by atoms with Gasteiger partial charge in [-0.25, -0.2) is 0 Å². The van der Waals surface area contributed by atoms with Gasteiger partial charge >= 0.3 is 6.18 Å². The van der Waals surface area contributed by atoms with Crippen LogP contribution in [-0.4, -0.2) is 11.2 Å². The van der Waals surface area contributed by atoms with E-state index in [9.17, 15) is 18.0 Å². The minimum Gasteiger partial charge on any atom is -0.325 e. The Balaban J connectivity index is 2.08. The number of benzene rings is 2. The molecule has 0 saturated carbocycles. The summed E-state index contributed by atoms with van der Waals surface area (Å²) in [5.74, 6) is -0.380. The molecule has 0 fully saturated rings. The largest absolute Gasteiger partial charge is 0.417 e. The first-order valence-electron chi connectivity index (χ1n) is 6.66. The van der Waals surface area contributed by atoms with Crippen LogP contribution in [0.5, 0.6) is 0 Å². The number of carbonyl (C=O) groups is 1. The van der Waals surface area contributed by atoms with E-state index < -0.39 is 22.0 Å². The maximum atomic E-state index is 12.8. The van der Waals surface area contributed by atoms with Crippen molar-refractivity contribution in [3.05, 3.63) is 59.1 Å². The Labute approximate surface area is 141 Å². The number of hydrogen-bond acceptors (Lipinski definition) is 2. The lowest BCUT2D eigenvalue weighted by Gasteiger charge is -2.14. The molecule has 0 radical (unpaired) electrons. The molecule has 23 heavy (non-hydrogen) atoms. The average molecular weight is 360 g/mol. The Morgan fingerprint density at radius 3 is 2.43 bits per heavy atom. The molecule has 0 aliphatic heterocycles. The number of amides is 1. The predicted molar refractivity (Wildman–Crippen MR) is 86.8 cm³/mol. The second-order valence-electron chi connectivity index (χ2n) is 4.75. The van der Waals surface area contributed by atoms with Gasteiger partial charge in [0.25, 0.3) is 0 Å². The van der Waals surface area contributed by atoms with E-state index >= 15 is 0 Å². The monoisotopic (exact) mass is 359 g/mol. The highest BCUT2D eigenvalue weighted by Gasteiger charge is 2.33. The van der Waals surface area contributed by atoms with Crippen LogP contribution >= 0.6 is 23.4 Å². The van der Waals surface area contributed by atoms with Gasteiger partial charge in [0.2, 0.25) is 5.91 Å². The maximum Gasteiger partial charge on any atom is 0.417 e. The van der Waals surface area contributed by atoms with Crippen molar-refractivity contribution in [1.82, 2.24) is 0 Å². The standard InChI is InChI=1S/C16H13ClF3NOS/c1-10(23-12-5-3-2-4-6-12)15(22)21-11-7-8-14(17)13(9-11)16(18,19)20/h2-10H,1H3,(H,21,22)/t10-/m0/s1. The van der Waals surface area contributed by atoms with Crippen LogP contribution in [0.2, 0.25) is 5.02 Å². The van der Waals surface area contributed by atoms with Gasteiger partial charge in [0.15, 0.2) is 0 Å². The summed E-state index contributed by atoms with van der Waals surface area (Å²) in [6.45, 7) is 1.69. The SMILES string of the molecule is C[C@H](Sc1ccccc1)C(=O)Nc1ccc(Cl)c(C(F)(F)F)c1. The molecule has 0 bridgehead atoms. The fraction of sp³-hybridized carbons (Fsp3) is 0.188. The number of thioether (sulfide) groups is 1. The Kier molecular flexibility index (Phi) is 5.59. The first kappa shape index (κ1) is 17.7. The van der Waals surface area contributed by atoms with Crippen molar-refractivity contribution in [1.29, 1.82) is 0 Å². The molecule has 0 spiro atoms. The molecule has 0 aromatic heterocycles. The van der Waals surface area contributed by atoms with Crippen molar-refractivity contribution in [2.24, 2.45) is 0 Å².